The second kappa shape index (κ2) is 9.14. The number of hydrogen-bond donors (Lipinski definition) is 2. The minimum Gasteiger partial charge on any atom is -0.463 e. The first-order valence-electron chi connectivity index (χ1n) is 7.52. The van der Waals surface area contributed by atoms with Gasteiger partial charge in [-0.05, 0) is 31.5 Å². The number of rotatable bonds is 6. The number of guanidine groups is 1. The molecule has 0 saturated carbocycles. The van der Waals surface area contributed by atoms with Crippen molar-refractivity contribution < 1.29 is 22.7 Å². The Hall–Kier alpha value is -2.25. The first-order valence-corrected chi connectivity index (χ1v) is 7.52. The fourth-order valence-electron chi connectivity index (χ4n) is 1.82. The normalized spacial score (nSPS) is 12.2. The highest BCUT2D eigenvalue weighted by Gasteiger charge is 2.29. The highest BCUT2D eigenvalue weighted by Crippen LogP contribution is 2.28. The lowest BCUT2D eigenvalue weighted by Crippen LogP contribution is -2.38. The predicted octanol–water partition coefficient (Wildman–Crippen LogP) is 2.71. The number of esters is 1. The fraction of sp³-hybridized carbons (Fsp3) is 0.500. The minimum absolute atomic E-state index is 0.158. The molecule has 1 aromatic rings. The Morgan fingerprint density at radius 3 is 2.33 bits per heavy atom. The number of alkyl halides is 3. The van der Waals surface area contributed by atoms with Crippen LogP contribution in [0.2, 0.25) is 0 Å². The summed E-state index contributed by atoms with van der Waals surface area (Å²) in [6.07, 6.45) is -4.30. The minimum atomic E-state index is -4.34. The summed E-state index contributed by atoms with van der Waals surface area (Å²) in [5.41, 5.74) is 0.00240. The van der Waals surface area contributed by atoms with Crippen LogP contribution in [0.1, 0.15) is 31.4 Å². The maximum absolute atomic E-state index is 12.5. The molecule has 2 N–H and O–H groups in total. The number of carbonyl (C=O) groups is 1. The molecule has 8 heteroatoms. The molecule has 0 amide bonds. The van der Waals surface area contributed by atoms with Gasteiger partial charge in [-0.25, -0.2) is 0 Å². The Morgan fingerprint density at radius 2 is 1.83 bits per heavy atom. The molecule has 0 aliphatic rings. The van der Waals surface area contributed by atoms with Gasteiger partial charge in [0.2, 0.25) is 0 Å². The molecule has 0 fully saturated rings. The van der Waals surface area contributed by atoms with E-state index in [0.717, 1.165) is 12.1 Å². The largest absolute Gasteiger partial charge is 0.463 e. The van der Waals surface area contributed by atoms with Crippen LogP contribution in [0.25, 0.3) is 0 Å². The molecule has 0 aliphatic carbocycles. The van der Waals surface area contributed by atoms with Gasteiger partial charge in [0, 0.05) is 20.1 Å². The lowest BCUT2D eigenvalue weighted by atomic mass is 10.1. The van der Waals surface area contributed by atoms with Crippen molar-refractivity contribution in [2.45, 2.75) is 39.1 Å². The van der Waals surface area contributed by atoms with Crippen LogP contribution in [0.5, 0.6) is 0 Å². The van der Waals surface area contributed by atoms with Crippen LogP contribution >= 0.6 is 0 Å². The van der Waals surface area contributed by atoms with Gasteiger partial charge in [-0.1, -0.05) is 12.1 Å². The van der Waals surface area contributed by atoms with E-state index in [1.807, 2.05) is 0 Å². The SMILES string of the molecule is CN=C(NCCC(=O)OC(C)C)NCc1ccc(C(F)(F)F)cc1. The second-order valence-corrected chi connectivity index (χ2v) is 5.34. The summed E-state index contributed by atoms with van der Waals surface area (Å²) < 4.78 is 42.5. The fourth-order valence-corrected chi connectivity index (χ4v) is 1.82. The third-order valence-electron chi connectivity index (χ3n) is 2.95. The highest BCUT2D eigenvalue weighted by molar-refractivity contribution is 5.80. The van der Waals surface area contributed by atoms with Gasteiger partial charge in [-0.3, -0.25) is 9.79 Å². The number of benzene rings is 1. The molecule has 1 aromatic carbocycles. The average Bonchev–Trinajstić information content (AvgIpc) is 2.49. The Balaban J connectivity index is 2.40. The molecule has 0 bridgehead atoms. The van der Waals surface area contributed by atoms with Crippen LogP contribution in [0, 0.1) is 0 Å². The van der Waals surface area contributed by atoms with Crippen molar-refractivity contribution in [2.75, 3.05) is 13.6 Å². The lowest BCUT2D eigenvalue weighted by Gasteiger charge is -2.13. The lowest BCUT2D eigenvalue weighted by molar-refractivity contribution is -0.147. The number of aliphatic imine (C=N–C) groups is 1. The van der Waals surface area contributed by atoms with Crippen LogP contribution in [0.15, 0.2) is 29.3 Å². The van der Waals surface area contributed by atoms with Gasteiger partial charge in [-0.2, -0.15) is 13.2 Å². The van der Waals surface area contributed by atoms with Crippen molar-refractivity contribution in [3.8, 4) is 0 Å². The topological polar surface area (TPSA) is 62.7 Å². The molecule has 1 rings (SSSR count). The predicted molar refractivity (Wildman–Crippen MR) is 85.5 cm³/mol. The molecular weight excluding hydrogens is 323 g/mol. The van der Waals surface area contributed by atoms with E-state index in [1.54, 1.807) is 20.9 Å². The number of halogens is 3. The number of ether oxygens (including phenoxy) is 1. The zero-order valence-corrected chi connectivity index (χ0v) is 13.9. The zero-order chi connectivity index (χ0) is 18.2. The van der Waals surface area contributed by atoms with Gasteiger partial charge in [0.15, 0.2) is 5.96 Å². The van der Waals surface area contributed by atoms with Gasteiger partial charge < -0.3 is 15.4 Å². The quantitative estimate of drug-likeness (QED) is 0.473. The summed E-state index contributed by atoms with van der Waals surface area (Å²) in [6.45, 7) is 4.21. The van der Waals surface area contributed by atoms with Crippen LogP contribution in [0.3, 0.4) is 0 Å². The van der Waals surface area contributed by atoms with Crippen LogP contribution in [-0.4, -0.2) is 31.6 Å². The maximum atomic E-state index is 12.5. The molecule has 0 heterocycles. The van der Waals surface area contributed by atoms with E-state index in [0.29, 0.717) is 24.6 Å². The van der Waals surface area contributed by atoms with E-state index in [9.17, 15) is 18.0 Å². The van der Waals surface area contributed by atoms with Crippen LogP contribution in [0.4, 0.5) is 13.2 Å². The smallest absolute Gasteiger partial charge is 0.416 e. The van der Waals surface area contributed by atoms with Gasteiger partial charge >= 0.3 is 12.1 Å². The molecule has 0 atom stereocenters. The Kier molecular flexibility index (Phi) is 7.54. The highest BCUT2D eigenvalue weighted by atomic mass is 19.4. The molecule has 0 saturated heterocycles. The summed E-state index contributed by atoms with van der Waals surface area (Å²) >= 11 is 0. The standard InChI is InChI=1S/C16H22F3N3O2/c1-11(2)24-14(23)8-9-21-15(20-3)22-10-12-4-6-13(7-5-12)16(17,18)19/h4-7,11H,8-10H2,1-3H3,(H2,20,21,22). The van der Waals surface area contributed by atoms with E-state index >= 15 is 0 Å². The first-order chi connectivity index (χ1) is 11.2. The van der Waals surface area contributed by atoms with Crippen LogP contribution in [-0.2, 0) is 22.3 Å². The van der Waals surface area contributed by atoms with Crippen molar-refractivity contribution >= 4 is 11.9 Å². The van der Waals surface area contributed by atoms with E-state index in [-0.39, 0.29) is 18.5 Å². The summed E-state index contributed by atoms with van der Waals surface area (Å²) in [5.74, 6) is 0.142. The van der Waals surface area contributed by atoms with Crippen LogP contribution < -0.4 is 10.6 Å². The summed E-state index contributed by atoms with van der Waals surface area (Å²) in [6, 6.07) is 4.89. The van der Waals surface area contributed by atoms with Crippen molar-refractivity contribution in [3.63, 3.8) is 0 Å². The van der Waals surface area contributed by atoms with E-state index in [4.69, 9.17) is 4.74 Å². The number of nitrogens with zero attached hydrogens (tertiary/aromatic N) is 1. The number of carbonyl (C=O) groups excluding carboxylic acids is 1. The molecular formula is C16H22F3N3O2. The van der Waals surface area contributed by atoms with Crippen molar-refractivity contribution in [1.29, 1.82) is 0 Å². The molecule has 0 spiro atoms. The molecule has 0 aliphatic heterocycles. The second-order valence-electron chi connectivity index (χ2n) is 5.34. The van der Waals surface area contributed by atoms with Crippen molar-refractivity contribution in [3.05, 3.63) is 35.4 Å². The Bertz CT molecular complexity index is 555. The van der Waals surface area contributed by atoms with E-state index in [1.165, 1.54) is 12.1 Å². The molecule has 0 unspecified atom stereocenters. The maximum Gasteiger partial charge on any atom is 0.416 e. The molecule has 0 radical (unpaired) electrons. The van der Waals surface area contributed by atoms with Crippen molar-refractivity contribution in [2.24, 2.45) is 4.99 Å². The van der Waals surface area contributed by atoms with Gasteiger partial charge in [0.05, 0.1) is 18.1 Å². The number of hydrogen-bond acceptors (Lipinski definition) is 3. The average molecular weight is 345 g/mol. The first kappa shape index (κ1) is 19.8. The molecule has 134 valence electrons. The Morgan fingerprint density at radius 1 is 1.21 bits per heavy atom. The molecule has 5 nitrogen and oxygen atoms in total. The van der Waals surface area contributed by atoms with Gasteiger partial charge in [-0.15, -0.1) is 0 Å². The molecule has 0 aromatic heterocycles. The van der Waals surface area contributed by atoms with Gasteiger partial charge in [0.25, 0.3) is 0 Å². The number of nitrogens with one attached hydrogen (secondary N) is 2. The summed E-state index contributed by atoms with van der Waals surface area (Å²) in [4.78, 5) is 15.4. The summed E-state index contributed by atoms with van der Waals surface area (Å²) in [5, 5.41) is 5.90. The zero-order valence-electron chi connectivity index (χ0n) is 13.9. The molecule has 24 heavy (non-hydrogen) atoms. The summed E-state index contributed by atoms with van der Waals surface area (Å²) in [7, 11) is 1.56. The third-order valence-corrected chi connectivity index (χ3v) is 2.95. The third kappa shape index (κ3) is 7.34. The van der Waals surface area contributed by atoms with E-state index in [2.05, 4.69) is 15.6 Å². The monoisotopic (exact) mass is 345 g/mol. The van der Waals surface area contributed by atoms with E-state index < -0.39 is 11.7 Å². The Labute approximate surface area is 139 Å². The van der Waals surface area contributed by atoms with Crippen molar-refractivity contribution in [1.82, 2.24) is 10.6 Å². The van der Waals surface area contributed by atoms with Gasteiger partial charge in [0.1, 0.15) is 0 Å².